The van der Waals surface area contributed by atoms with E-state index in [-0.39, 0.29) is 6.04 Å². The van der Waals surface area contributed by atoms with E-state index < -0.39 is 0 Å². The van der Waals surface area contributed by atoms with Crippen LogP contribution in [0.2, 0.25) is 0 Å². The summed E-state index contributed by atoms with van der Waals surface area (Å²) in [4.78, 5) is 4.10. The van der Waals surface area contributed by atoms with Crippen LogP contribution in [-0.4, -0.2) is 18.1 Å². The maximum atomic E-state index is 5.52. The summed E-state index contributed by atoms with van der Waals surface area (Å²) < 4.78 is 5.52. The fraction of sp³-hybridized carbons (Fsp3) is 0.389. The maximum absolute atomic E-state index is 5.52. The van der Waals surface area contributed by atoms with Gasteiger partial charge in [-0.2, -0.15) is 0 Å². The molecule has 0 spiro atoms. The first-order valence-corrected chi connectivity index (χ1v) is 7.62. The highest BCUT2D eigenvalue weighted by molar-refractivity contribution is 5.32. The Morgan fingerprint density at radius 2 is 1.67 bits per heavy atom. The number of benzene rings is 1. The second kappa shape index (κ2) is 7.79. The van der Waals surface area contributed by atoms with Crippen molar-refractivity contribution >= 4 is 0 Å². The van der Waals surface area contributed by atoms with Crippen molar-refractivity contribution < 1.29 is 4.74 Å². The van der Waals surface area contributed by atoms with Gasteiger partial charge in [-0.05, 0) is 48.9 Å². The van der Waals surface area contributed by atoms with Gasteiger partial charge in [0.25, 0.3) is 0 Å². The molecule has 0 fully saturated rings. The summed E-state index contributed by atoms with van der Waals surface area (Å²) in [5.74, 6) is 1.30. The molecule has 21 heavy (non-hydrogen) atoms. The number of pyridine rings is 1. The fourth-order valence-electron chi connectivity index (χ4n) is 2.60. The normalized spacial score (nSPS) is 13.7. The fourth-order valence-corrected chi connectivity index (χ4v) is 2.60. The Balaban J connectivity index is 2.21. The van der Waals surface area contributed by atoms with Crippen molar-refractivity contribution in [3.63, 3.8) is 0 Å². The van der Waals surface area contributed by atoms with Gasteiger partial charge in [0.15, 0.2) is 0 Å². The van der Waals surface area contributed by atoms with Crippen molar-refractivity contribution in [1.29, 1.82) is 0 Å². The predicted molar refractivity (Wildman–Crippen MR) is 86.7 cm³/mol. The van der Waals surface area contributed by atoms with Crippen LogP contribution in [0, 0.1) is 0 Å². The molecule has 1 aromatic heterocycles. The second-order valence-corrected chi connectivity index (χ2v) is 5.11. The topological polar surface area (TPSA) is 34.1 Å². The lowest BCUT2D eigenvalue weighted by atomic mass is 9.89. The third-order valence-electron chi connectivity index (χ3n) is 3.71. The van der Waals surface area contributed by atoms with E-state index in [1.54, 1.807) is 0 Å². The van der Waals surface area contributed by atoms with Crippen LogP contribution < -0.4 is 10.1 Å². The van der Waals surface area contributed by atoms with Crippen molar-refractivity contribution in [3.8, 4) is 5.75 Å². The molecule has 2 aromatic rings. The van der Waals surface area contributed by atoms with Gasteiger partial charge >= 0.3 is 0 Å². The maximum Gasteiger partial charge on any atom is 0.119 e. The Morgan fingerprint density at radius 1 is 1.00 bits per heavy atom. The number of likely N-dealkylation sites (N-methyl/N-ethyl adjacent to an activating group) is 1. The van der Waals surface area contributed by atoms with Crippen molar-refractivity contribution in [2.45, 2.75) is 32.7 Å². The average molecular weight is 284 g/mol. The lowest BCUT2D eigenvalue weighted by Gasteiger charge is -2.26. The van der Waals surface area contributed by atoms with Crippen LogP contribution in [0.3, 0.4) is 0 Å². The van der Waals surface area contributed by atoms with E-state index >= 15 is 0 Å². The molecule has 0 saturated heterocycles. The summed E-state index contributed by atoms with van der Waals surface area (Å²) in [6.07, 6.45) is 3.71. The third kappa shape index (κ3) is 4.05. The lowest BCUT2D eigenvalue weighted by molar-refractivity contribution is 0.340. The Hall–Kier alpha value is -1.87. The summed E-state index contributed by atoms with van der Waals surface area (Å²) in [5, 5.41) is 3.59. The van der Waals surface area contributed by atoms with E-state index in [1.165, 1.54) is 11.1 Å². The Bertz CT molecular complexity index is 525. The van der Waals surface area contributed by atoms with Crippen LogP contribution in [0.25, 0.3) is 0 Å². The lowest BCUT2D eigenvalue weighted by Crippen LogP contribution is -2.25. The first-order valence-electron chi connectivity index (χ1n) is 7.62. The largest absolute Gasteiger partial charge is 0.494 e. The van der Waals surface area contributed by atoms with Gasteiger partial charge < -0.3 is 10.1 Å². The molecule has 1 N–H and O–H groups in total. The van der Waals surface area contributed by atoms with Gasteiger partial charge in [-0.3, -0.25) is 4.98 Å². The van der Waals surface area contributed by atoms with Gasteiger partial charge in [0, 0.05) is 24.4 Å². The van der Waals surface area contributed by atoms with E-state index in [1.807, 2.05) is 31.5 Å². The molecule has 2 atom stereocenters. The molecule has 3 nitrogen and oxygen atoms in total. The molecule has 2 unspecified atom stereocenters. The van der Waals surface area contributed by atoms with E-state index in [0.29, 0.717) is 12.5 Å². The molecule has 0 radical (unpaired) electrons. The molecule has 2 rings (SSSR count). The minimum atomic E-state index is 0.285. The SMILES string of the molecule is CCNC(c1ccc(OCC)cc1)C(C)c1ccncc1. The Kier molecular flexibility index (Phi) is 5.76. The Labute approximate surface area is 127 Å². The van der Waals surface area contributed by atoms with E-state index in [2.05, 4.69) is 48.4 Å². The molecule has 0 bridgehead atoms. The molecular formula is C18H24N2O. The number of nitrogens with one attached hydrogen (secondary N) is 1. The zero-order valence-corrected chi connectivity index (χ0v) is 13.0. The molecule has 0 aliphatic carbocycles. The first kappa shape index (κ1) is 15.5. The zero-order valence-electron chi connectivity index (χ0n) is 13.0. The molecule has 3 heteroatoms. The Morgan fingerprint density at radius 3 is 2.24 bits per heavy atom. The number of hydrogen-bond donors (Lipinski definition) is 1. The molecule has 0 aliphatic rings. The highest BCUT2D eigenvalue weighted by Crippen LogP contribution is 2.31. The average Bonchev–Trinajstić information content (AvgIpc) is 2.54. The van der Waals surface area contributed by atoms with Crippen molar-refractivity contribution in [2.24, 2.45) is 0 Å². The van der Waals surface area contributed by atoms with Gasteiger partial charge in [0.1, 0.15) is 5.75 Å². The highest BCUT2D eigenvalue weighted by Gasteiger charge is 2.19. The third-order valence-corrected chi connectivity index (χ3v) is 3.71. The molecule has 112 valence electrons. The molecule has 1 heterocycles. The van der Waals surface area contributed by atoms with Crippen LogP contribution in [0.1, 0.15) is 43.9 Å². The monoisotopic (exact) mass is 284 g/mol. The second-order valence-electron chi connectivity index (χ2n) is 5.11. The summed E-state index contributed by atoms with van der Waals surface area (Å²) >= 11 is 0. The smallest absolute Gasteiger partial charge is 0.119 e. The summed E-state index contributed by atoms with van der Waals surface area (Å²) in [7, 11) is 0. The molecule has 0 amide bonds. The highest BCUT2D eigenvalue weighted by atomic mass is 16.5. The van der Waals surface area contributed by atoms with Gasteiger partial charge in [-0.15, -0.1) is 0 Å². The van der Waals surface area contributed by atoms with Gasteiger partial charge in [0.05, 0.1) is 6.61 Å². The van der Waals surface area contributed by atoms with Crippen molar-refractivity contribution in [3.05, 3.63) is 59.9 Å². The van der Waals surface area contributed by atoms with E-state index in [0.717, 1.165) is 12.3 Å². The minimum absolute atomic E-state index is 0.285. The van der Waals surface area contributed by atoms with Gasteiger partial charge in [-0.25, -0.2) is 0 Å². The minimum Gasteiger partial charge on any atom is -0.494 e. The van der Waals surface area contributed by atoms with Gasteiger partial charge in [0.2, 0.25) is 0 Å². The molecule has 0 saturated carbocycles. The van der Waals surface area contributed by atoms with E-state index in [9.17, 15) is 0 Å². The molecular weight excluding hydrogens is 260 g/mol. The van der Waals surface area contributed by atoms with Crippen molar-refractivity contribution in [1.82, 2.24) is 10.3 Å². The number of aromatic nitrogens is 1. The van der Waals surface area contributed by atoms with Crippen molar-refractivity contribution in [2.75, 3.05) is 13.2 Å². The summed E-state index contributed by atoms with van der Waals surface area (Å²) in [5.41, 5.74) is 2.58. The summed E-state index contributed by atoms with van der Waals surface area (Å²) in [6, 6.07) is 12.8. The van der Waals surface area contributed by atoms with Gasteiger partial charge in [-0.1, -0.05) is 26.0 Å². The van der Waals surface area contributed by atoms with Crippen LogP contribution in [0.5, 0.6) is 5.75 Å². The molecule has 0 aliphatic heterocycles. The first-order chi connectivity index (χ1) is 10.3. The van der Waals surface area contributed by atoms with Crippen LogP contribution in [-0.2, 0) is 0 Å². The standard InChI is InChI=1S/C18H24N2O/c1-4-20-18(14(3)15-10-12-19-13-11-15)16-6-8-17(9-7-16)21-5-2/h6-14,18,20H,4-5H2,1-3H3. The summed E-state index contributed by atoms with van der Waals surface area (Å²) in [6.45, 7) is 8.03. The van der Waals surface area contributed by atoms with Crippen LogP contribution in [0.15, 0.2) is 48.8 Å². The van der Waals surface area contributed by atoms with E-state index in [4.69, 9.17) is 4.74 Å². The zero-order chi connectivity index (χ0) is 15.1. The number of nitrogens with zero attached hydrogens (tertiary/aromatic N) is 1. The predicted octanol–water partition coefficient (Wildman–Crippen LogP) is 3.93. The quantitative estimate of drug-likeness (QED) is 0.836. The van der Waals surface area contributed by atoms with Crippen LogP contribution in [0.4, 0.5) is 0 Å². The van der Waals surface area contributed by atoms with Crippen LogP contribution >= 0.6 is 0 Å². The number of hydrogen-bond acceptors (Lipinski definition) is 3. The number of rotatable bonds is 7. The molecule has 1 aromatic carbocycles. The number of ether oxygens (including phenoxy) is 1.